The van der Waals surface area contributed by atoms with Crippen LogP contribution in [0.5, 0.6) is 0 Å². The van der Waals surface area contributed by atoms with E-state index in [1.165, 1.54) is 36.8 Å². The Balaban J connectivity index is 1.25. The first kappa shape index (κ1) is 18.8. The maximum Gasteiger partial charge on any atom is 0.220 e. The van der Waals surface area contributed by atoms with Crippen LogP contribution in [-0.4, -0.2) is 35.4 Å². The van der Waals surface area contributed by atoms with E-state index < -0.39 is 0 Å². The number of hydrogen-bond donors (Lipinski definition) is 1. The second-order valence-corrected chi connectivity index (χ2v) is 9.32. The molecule has 1 aromatic carbocycles. The molecule has 0 bridgehead atoms. The quantitative estimate of drug-likeness (QED) is 0.812. The van der Waals surface area contributed by atoms with Gasteiger partial charge in [-0.1, -0.05) is 30.3 Å². The number of piperidine rings is 1. The number of amides is 1. The Morgan fingerprint density at radius 1 is 1.10 bits per heavy atom. The molecule has 29 heavy (non-hydrogen) atoms. The van der Waals surface area contributed by atoms with Gasteiger partial charge in [0.2, 0.25) is 5.91 Å². The maximum absolute atomic E-state index is 12.5. The average molecular weight is 390 g/mol. The molecule has 1 aliphatic heterocycles. The molecule has 2 fully saturated rings. The summed E-state index contributed by atoms with van der Waals surface area (Å²) in [5.41, 5.74) is 4.34. The topological polar surface area (TPSA) is 45.2 Å². The molecule has 2 aliphatic carbocycles. The van der Waals surface area contributed by atoms with Crippen LogP contribution in [0.4, 0.5) is 0 Å². The summed E-state index contributed by atoms with van der Waals surface area (Å²) in [4.78, 5) is 19.6. The Labute approximate surface area is 173 Å². The normalized spacial score (nSPS) is 23.1. The van der Waals surface area contributed by atoms with Crippen molar-refractivity contribution in [2.24, 2.45) is 5.92 Å². The first-order valence-electron chi connectivity index (χ1n) is 11.2. The lowest BCUT2D eigenvalue weighted by atomic mass is 9.73. The number of hydrogen-bond acceptors (Lipinski definition) is 3. The second-order valence-electron chi connectivity index (χ2n) is 9.32. The van der Waals surface area contributed by atoms with Gasteiger partial charge in [0.1, 0.15) is 0 Å². The molecule has 2 aromatic rings. The van der Waals surface area contributed by atoms with E-state index in [0.717, 1.165) is 44.2 Å². The number of carbonyl (C=O) groups is 1. The molecule has 1 saturated heterocycles. The molecule has 1 unspecified atom stereocenters. The number of likely N-dealkylation sites (tertiary alicyclic amines) is 1. The third-order valence-electron chi connectivity index (χ3n) is 7.25. The number of carbonyl (C=O) groups excluding carboxylic acids is 1. The van der Waals surface area contributed by atoms with Crippen molar-refractivity contribution in [3.05, 3.63) is 65.5 Å². The van der Waals surface area contributed by atoms with E-state index in [1.54, 1.807) is 0 Å². The van der Waals surface area contributed by atoms with Crippen LogP contribution in [-0.2, 0) is 16.8 Å². The van der Waals surface area contributed by atoms with Crippen molar-refractivity contribution < 1.29 is 4.79 Å². The predicted octanol–water partition coefficient (Wildman–Crippen LogP) is 4.02. The van der Waals surface area contributed by atoms with E-state index in [9.17, 15) is 4.79 Å². The van der Waals surface area contributed by atoms with E-state index in [1.807, 2.05) is 12.3 Å². The van der Waals surface area contributed by atoms with Gasteiger partial charge in [0, 0.05) is 25.7 Å². The number of pyridine rings is 1. The number of nitrogens with one attached hydrogen (secondary N) is 1. The van der Waals surface area contributed by atoms with E-state index in [0.29, 0.717) is 12.3 Å². The first-order valence-corrected chi connectivity index (χ1v) is 11.2. The Morgan fingerprint density at radius 2 is 1.90 bits per heavy atom. The molecule has 3 aliphatic rings. The van der Waals surface area contributed by atoms with Gasteiger partial charge in [-0.05, 0) is 85.7 Å². The fourth-order valence-corrected chi connectivity index (χ4v) is 5.42. The Bertz CT molecular complexity index is 853. The van der Waals surface area contributed by atoms with Crippen LogP contribution in [0, 0.1) is 5.92 Å². The van der Waals surface area contributed by atoms with Gasteiger partial charge in [0.05, 0.1) is 5.69 Å². The molecule has 1 amide bonds. The van der Waals surface area contributed by atoms with Crippen molar-refractivity contribution in [3.8, 4) is 0 Å². The number of benzene rings is 1. The van der Waals surface area contributed by atoms with Gasteiger partial charge in [0.25, 0.3) is 0 Å². The minimum absolute atomic E-state index is 0.237. The molecule has 0 radical (unpaired) electrons. The van der Waals surface area contributed by atoms with Crippen LogP contribution in [0.15, 0.2) is 48.7 Å². The molecule has 2 heterocycles. The van der Waals surface area contributed by atoms with Gasteiger partial charge in [-0.25, -0.2) is 0 Å². The fourth-order valence-electron chi connectivity index (χ4n) is 5.42. The lowest BCUT2D eigenvalue weighted by Crippen LogP contribution is -2.41. The lowest BCUT2D eigenvalue weighted by molar-refractivity contribution is -0.121. The number of nitrogens with zero attached hydrogens (tertiary/aromatic N) is 2. The van der Waals surface area contributed by atoms with Gasteiger partial charge in [0.15, 0.2) is 0 Å². The third-order valence-corrected chi connectivity index (χ3v) is 7.25. The molecular weight excluding hydrogens is 358 g/mol. The lowest BCUT2D eigenvalue weighted by Gasteiger charge is -2.40. The first-order chi connectivity index (χ1) is 14.2. The second kappa shape index (κ2) is 7.91. The highest BCUT2D eigenvalue weighted by Gasteiger charge is 2.45. The molecule has 1 aromatic heterocycles. The van der Waals surface area contributed by atoms with E-state index >= 15 is 0 Å². The molecule has 1 N–H and O–H groups in total. The highest BCUT2D eigenvalue weighted by Crippen LogP contribution is 2.52. The summed E-state index contributed by atoms with van der Waals surface area (Å²) in [6, 6.07) is 15.1. The summed E-state index contributed by atoms with van der Waals surface area (Å²) in [6.07, 6.45) is 8.57. The van der Waals surface area contributed by atoms with Crippen molar-refractivity contribution in [2.45, 2.75) is 56.4 Å². The minimum Gasteiger partial charge on any atom is -0.356 e. The summed E-state index contributed by atoms with van der Waals surface area (Å²) in [5.74, 6) is 1.35. The molecule has 4 heteroatoms. The molecule has 152 valence electrons. The van der Waals surface area contributed by atoms with Gasteiger partial charge >= 0.3 is 0 Å². The third kappa shape index (κ3) is 4.09. The smallest absolute Gasteiger partial charge is 0.220 e. The van der Waals surface area contributed by atoms with Crippen molar-refractivity contribution in [3.63, 3.8) is 0 Å². The van der Waals surface area contributed by atoms with Crippen molar-refractivity contribution >= 4 is 5.91 Å². The molecular formula is C25H31N3O. The van der Waals surface area contributed by atoms with E-state index in [-0.39, 0.29) is 11.3 Å². The Kier molecular flexibility index (Phi) is 5.13. The molecule has 4 nitrogen and oxygen atoms in total. The van der Waals surface area contributed by atoms with Gasteiger partial charge in [-0.2, -0.15) is 0 Å². The van der Waals surface area contributed by atoms with Crippen LogP contribution < -0.4 is 5.32 Å². The zero-order valence-corrected chi connectivity index (χ0v) is 17.1. The highest BCUT2D eigenvalue weighted by molar-refractivity contribution is 5.77. The molecule has 1 saturated carbocycles. The molecule has 5 rings (SSSR count). The van der Waals surface area contributed by atoms with Crippen LogP contribution >= 0.6 is 0 Å². The number of fused-ring (bicyclic) bond motifs is 2. The van der Waals surface area contributed by atoms with Crippen molar-refractivity contribution in [1.82, 2.24) is 15.2 Å². The average Bonchev–Trinajstić information content (AvgIpc) is 3.54. The van der Waals surface area contributed by atoms with Gasteiger partial charge < -0.3 is 5.32 Å². The van der Waals surface area contributed by atoms with Crippen LogP contribution in [0.1, 0.15) is 61.3 Å². The monoisotopic (exact) mass is 389 g/mol. The van der Waals surface area contributed by atoms with Crippen LogP contribution in [0.2, 0.25) is 0 Å². The number of rotatable bonds is 6. The van der Waals surface area contributed by atoms with Crippen molar-refractivity contribution in [2.75, 3.05) is 19.6 Å². The number of aromatic nitrogens is 1. The van der Waals surface area contributed by atoms with Crippen molar-refractivity contribution in [1.29, 1.82) is 0 Å². The molecule has 1 spiro atoms. The summed E-state index contributed by atoms with van der Waals surface area (Å²) in [6.45, 7) is 4.02. The SMILES string of the molecule is O=C(CC1CC2(CCN(Cc3ccccn3)CC2)c2ccccc21)NCC1CC1. The predicted molar refractivity (Wildman–Crippen MR) is 115 cm³/mol. The van der Waals surface area contributed by atoms with E-state index in [4.69, 9.17) is 0 Å². The van der Waals surface area contributed by atoms with E-state index in [2.05, 4.69) is 51.6 Å². The van der Waals surface area contributed by atoms with Crippen LogP contribution in [0.3, 0.4) is 0 Å². The maximum atomic E-state index is 12.5. The fraction of sp³-hybridized carbons (Fsp3) is 0.520. The minimum atomic E-state index is 0.237. The van der Waals surface area contributed by atoms with Gasteiger partial charge in [-0.15, -0.1) is 0 Å². The zero-order chi connectivity index (χ0) is 19.7. The van der Waals surface area contributed by atoms with Gasteiger partial charge in [-0.3, -0.25) is 14.7 Å². The zero-order valence-electron chi connectivity index (χ0n) is 17.1. The Hall–Kier alpha value is -2.20. The molecule has 1 atom stereocenters. The largest absolute Gasteiger partial charge is 0.356 e. The summed E-state index contributed by atoms with van der Waals surface area (Å²) >= 11 is 0. The highest BCUT2D eigenvalue weighted by atomic mass is 16.1. The summed E-state index contributed by atoms with van der Waals surface area (Å²) in [5, 5.41) is 3.17. The standard InChI is InChI=1S/C25H31N3O/c29-24(27-17-19-8-9-19)15-20-16-25(23-7-2-1-6-22(20)23)10-13-28(14-11-25)18-21-5-3-4-12-26-21/h1-7,12,19-20H,8-11,13-18H2,(H,27,29). The summed E-state index contributed by atoms with van der Waals surface area (Å²) in [7, 11) is 0. The Morgan fingerprint density at radius 3 is 2.66 bits per heavy atom. The van der Waals surface area contributed by atoms with Crippen LogP contribution in [0.25, 0.3) is 0 Å². The summed E-state index contributed by atoms with van der Waals surface area (Å²) < 4.78 is 0.